The molecule has 0 unspecified atom stereocenters. The lowest BCUT2D eigenvalue weighted by atomic mass is 10.1. The molecule has 0 atom stereocenters. The summed E-state index contributed by atoms with van der Waals surface area (Å²) in [6.45, 7) is 1.53. The van der Waals surface area contributed by atoms with E-state index in [1.807, 2.05) is 0 Å². The Hall–Kier alpha value is -1.88. The van der Waals surface area contributed by atoms with E-state index < -0.39 is 11.9 Å². The Labute approximate surface area is 105 Å². The van der Waals surface area contributed by atoms with Crippen molar-refractivity contribution in [1.82, 2.24) is 5.06 Å². The average molecular weight is 249 g/mol. The van der Waals surface area contributed by atoms with Crippen molar-refractivity contribution in [3.63, 3.8) is 0 Å². The zero-order chi connectivity index (χ0) is 13.0. The zero-order valence-electron chi connectivity index (χ0n) is 10.2. The Morgan fingerprint density at radius 3 is 2.33 bits per heavy atom. The van der Waals surface area contributed by atoms with E-state index in [4.69, 9.17) is 4.84 Å². The Balaban J connectivity index is 2.07. The maximum atomic E-state index is 11.8. The highest BCUT2D eigenvalue weighted by atomic mass is 16.7. The van der Waals surface area contributed by atoms with Gasteiger partial charge in [-0.05, 0) is 31.0 Å². The monoisotopic (exact) mass is 249 g/mol. The molecule has 2 rings (SSSR count). The van der Waals surface area contributed by atoms with E-state index >= 15 is 0 Å². The van der Waals surface area contributed by atoms with Gasteiger partial charge in [0.05, 0.1) is 18.2 Å². The molecule has 1 heterocycles. The van der Waals surface area contributed by atoms with E-state index in [-0.39, 0.29) is 0 Å². The summed E-state index contributed by atoms with van der Waals surface area (Å²) in [5.74, 6) is -0.909. The molecular weight excluding hydrogens is 234 g/mol. The molecule has 5 nitrogen and oxygen atoms in total. The minimum absolute atomic E-state index is 0.341. The first-order valence-corrected chi connectivity index (χ1v) is 5.86. The topological polar surface area (TPSA) is 55.8 Å². The third-order valence-corrected chi connectivity index (χ3v) is 2.80. The molecular formula is C13H15NO4. The van der Waals surface area contributed by atoms with Crippen LogP contribution < -0.4 is 0 Å². The number of hydroxylamine groups is 2. The van der Waals surface area contributed by atoms with Gasteiger partial charge in [0.1, 0.15) is 0 Å². The van der Waals surface area contributed by atoms with E-state index in [9.17, 15) is 9.59 Å². The Bertz CT molecular complexity index is 452. The van der Waals surface area contributed by atoms with Crippen molar-refractivity contribution in [3.8, 4) is 0 Å². The molecule has 1 aliphatic heterocycles. The van der Waals surface area contributed by atoms with Gasteiger partial charge in [0.2, 0.25) is 0 Å². The minimum Gasteiger partial charge on any atom is -0.465 e. The van der Waals surface area contributed by atoms with Crippen LogP contribution in [-0.4, -0.2) is 37.2 Å². The summed E-state index contributed by atoms with van der Waals surface area (Å²) < 4.78 is 4.60. The quantitative estimate of drug-likeness (QED) is 0.762. The van der Waals surface area contributed by atoms with Crippen LogP contribution in [0.5, 0.6) is 0 Å². The van der Waals surface area contributed by atoms with Gasteiger partial charge in [-0.2, -0.15) is 0 Å². The Kier molecular flexibility index (Phi) is 3.94. The second-order valence-corrected chi connectivity index (χ2v) is 4.09. The van der Waals surface area contributed by atoms with Gasteiger partial charge in [0.25, 0.3) is 0 Å². The van der Waals surface area contributed by atoms with Gasteiger partial charge >= 0.3 is 11.9 Å². The molecule has 0 amide bonds. The number of carbonyl (C=O) groups excluding carboxylic acids is 2. The summed E-state index contributed by atoms with van der Waals surface area (Å²) in [7, 11) is 1.30. The number of nitrogens with zero attached hydrogens (tertiary/aromatic N) is 1. The molecule has 1 aromatic carbocycles. The molecule has 96 valence electrons. The fourth-order valence-electron chi connectivity index (χ4n) is 1.84. The van der Waals surface area contributed by atoms with Crippen molar-refractivity contribution in [2.24, 2.45) is 0 Å². The highest BCUT2D eigenvalue weighted by molar-refractivity contribution is 5.95. The van der Waals surface area contributed by atoms with Crippen molar-refractivity contribution in [3.05, 3.63) is 35.4 Å². The van der Waals surface area contributed by atoms with Gasteiger partial charge in [0, 0.05) is 13.1 Å². The summed E-state index contributed by atoms with van der Waals surface area (Å²) in [5, 5.41) is 1.65. The van der Waals surface area contributed by atoms with Crippen LogP contribution in [0.25, 0.3) is 0 Å². The van der Waals surface area contributed by atoms with Crippen molar-refractivity contribution in [2.45, 2.75) is 12.8 Å². The van der Waals surface area contributed by atoms with E-state index in [2.05, 4.69) is 4.74 Å². The SMILES string of the molecule is COC(=O)c1cccc(C(=O)ON2CCCC2)c1. The average Bonchev–Trinajstić information content (AvgIpc) is 2.90. The fourth-order valence-corrected chi connectivity index (χ4v) is 1.84. The number of hydrogen-bond acceptors (Lipinski definition) is 5. The predicted molar refractivity (Wildman–Crippen MR) is 64.0 cm³/mol. The summed E-state index contributed by atoms with van der Waals surface area (Å²) >= 11 is 0. The number of ether oxygens (including phenoxy) is 1. The first-order valence-electron chi connectivity index (χ1n) is 5.86. The maximum absolute atomic E-state index is 11.8. The lowest BCUT2D eigenvalue weighted by Crippen LogP contribution is -2.24. The third-order valence-electron chi connectivity index (χ3n) is 2.80. The zero-order valence-corrected chi connectivity index (χ0v) is 10.2. The molecule has 18 heavy (non-hydrogen) atoms. The van der Waals surface area contributed by atoms with Crippen LogP contribution in [0, 0.1) is 0 Å². The van der Waals surface area contributed by atoms with Crippen LogP contribution in [0.2, 0.25) is 0 Å². The highest BCUT2D eigenvalue weighted by Gasteiger charge is 2.18. The molecule has 0 aliphatic carbocycles. The molecule has 5 heteroatoms. The van der Waals surface area contributed by atoms with Crippen LogP contribution in [-0.2, 0) is 9.57 Å². The standard InChI is InChI=1S/C13H15NO4/c1-17-12(15)10-5-4-6-11(9-10)13(16)18-14-7-2-3-8-14/h4-6,9H,2-3,7-8H2,1H3. The van der Waals surface area contributed by atoms with Gasteiger partial charge in [-0.3, -0.25) is 0 Å². The summed E-state index contributed by atoms with van der Waals surface area (Å²) in [6, 6.07) is 6.32. The second-order valence-electron chi connectivity index (χ2n) is 4.09. The number of esters is 1. The second kappa shape index (κ2) is 5.64. The maximum Gasteiger partial charge on any atom is 0.357 e. The van der Waals surface area contributed by atoms with E-state index in [0.29, 0.717) is 11.1 Å². The fraction of sp³-hybridized carbons (Fsp3) is 0.385. The van der Waals surface area contributed by atoms with Gasteiger partial charge in [0.15, 0.2) is 0 Å². The van der Waals surface area contributed by atoms with Crippen molar-refractivity contribution >= 4 is 11.9 Å². The van der Waals surface area contributed by atoms with Crippen LogP contribution in [0.3, 0.4) is 0 Å². The number of hydrogen-bond donors (Lipinski definition) is 0. The number of rotatable bonds is 3. The minimum atomic E-state index is -0.467. The molecule has 0 saturated carbocycles. The Morgan fingerprint density at radius 1 is 1.11 bits per heavy atom. The molecule has 0 aromatic heterocycles. The molecule has 0 spiro atoms. The van der Waals surface area contributed by atoms with Crippen LogP contribution in [0.1, 0.15) is 33.6 Å². The smallest absolute Gasteiger partial charge is 0.357 e. The molecule has 1 saturated heterocycles. The van der Waals surface area contributed by atoms with Crippen molar-refractivity contribution < 1.29 is 19.2 Å². The summed E-state index contributed by atoms with van der Waals surface area (Å²) in [4.78, 5) is 28.4. The Morgan fingerprint density at radius 2 is 1.72 bits per heavy atom. The lowest BCUT2D eigenvalue weighted by molar-refractivity contribution is -0.0927. The number of benzene rings is 1. The van der Waals surface area contributed by atoms with E-state index in [1.165, 1.54) is 13.2 Å². The molecule has 1 aliphatic rings. The van der Waals surface area contributed by atoms with Crippen LogP contribution in [0.4, 0.5) is 0 Å². The van der Waals surface area contributed by atoms with Crippen LogP contribution in [0.15, 0.2) is 24.3 Å². The van der Waals surface area contributed by atoms with Crippen molar-refractivity contribution in [1.29, 1.82) is 0 Å². The third kappa shape index (κ3) is 2.87. The van der Waals surface area contributed by atoms with E-state index in [0.717, 1.165) is 25.9 Å². The predicted octanol–water partition coefficient (Wildman–Crippen LogP) is 1.64. The molecule has 0 N–H and O–H groups in total. The molecule has 0 bridgehead atoms. The van der Waals surface area contributed by atoms with Crippen LogP contribution >= 0.6 is 0 Å². The van der Waals surface area contributed by atoms with Gasteiger partial charge in [-0.1, -0.05) is 6.07 Å². The van der Waals surface area contributed by atoms with Gasteiger partial charge < -0.3 is 9.57 Å². The summed E-state index contributed by atoms with van der Waals surface area (Å²) in [5.41, 5.74) is 0.693. The molecule has 1 aromatic rings. The highest BCUT2D eigenvalue weighted by Crippen LogP contribution is 2.12. The van der Waals surface area contributed by atoms with Gasteiger partial charge in [-0.15, -0.1) is 5.06 Å². The normalized spacial score (nSPS) is 15.4. The number of methoxy groups -OCH3 is 1. The first-order chi connectivity index (χ1) is 8.70. The summed E-state index contributed by atoms with van der Waals surface area (Å²) in [6.07, 6.45) is 2.07. The van der Waals surface area contributed by atoms with Crippen molar-refractivity contribution in [2.75, 3.05) is 20.2 Å². The number of carbonyl (C=O) groups is 2. The lowest BCUT2D eigenvalue weighted by Gasteiger charge is -2.14. The van der Waals surface area contributed by atoms with E-state index in [1.54, 1.807) is 23.3 Å². The first kappa shape index (κ1) is 12.6. The largest absolute Gasteiger partial charge is 0.465 e. The molecule has 1 fully saturated rings. The molecule has 0 radical (unpaired) electrons. The van der Waals surface area contributed by atoms with Gasteiger partial charge in [-0.25, -0.2) is 9.59 Å².